The van der Waals surface area contributed by atoms with Gasteiger partial charge in [0.25, 0.3) is 11.8 Å². The maximum Gasteiger partial charge on any atom is 0.253 e. The molecule has 0 aromatic rings. The highest BCUT2D eigenvalue weighted by Gasteiger charge is 2.38. The molecule has 1 atom stereocenters. The number of amides is 3. The van der Waals surface area contributed by atoms with Gasteiger partial charge in [-0.3, -0.25) is 19.3 Å². The minimum atomic E-state index is -0.847. The molecule has 6 nitrogen and oxygen atoms in total. The van der Waals surface area contributed by atoms with Gasteiger partial charge in [-0.05, 0) is 31.8 Å². The largest absolute Gasteiger partial charge is 0.370 e. The standard InChI is InChI=1S/C14H16N2O4/c17-11-5-6-12(18)15(11)9-1-2-10(4-3-9)16-13(19)7-8-14(16)20/h5-11,17H,1-4H2. The summed E-state index contributed by atoms with van der Waals surface area (Å²) >= 11 is 0. The Bertz CT molecular complexity index is 499. The summed E-state index contributed by atoms with van der Waals surface area (Å²) in [6.07, 6.45) is 7.32. The van der Waals surface area contributed by atoms with E-state index in [9.17, 15) is 19.5 Å². The minimum absolute atomic E-state index is 0.0236. The van der Waals surface area contributed by atoms with Crippen molar-refractivity contribution in [2.75, 3.05) is 0 Å². The van der Waals surface area contributed by atoms with Gasteiger partial charge in [-0.25, -0.2) is 0 Å². The van der Waals surface area contributed by atoms with Gasteiger partial charge >= 0.3 is 0 Å². The number of nitrogens with zero attached hydrogens (tertiary/aromatic N) is 2. The molecule has 0 aromatic carbocycles. The molecule has 3 amide bonds. The van der Waals surface area contributed by atoms with Gasteiger partial charge in [-0.2, -0.15) is 0 Å². The van der Waals surface area contributed by atoms with Crippen molar-refractivity contribution in [1.82, 2.24) is 9.80 Å². The fourth-order valence-electron chi connectivity index (χ4n) is 3.24. The molecule has 0 aromatic heterocycles. The molecule has 0 radical (unpaired) electrons. The van der Waals surface area contributed by atoms with Crippen LogP contribution in [0.4, 0.5) is 0 Å². The Morgan fingerprint density at radius 3 is 1.90 bits per heavy atom. The summed E-state index contributed by atoms with van der Waals surface area (Å²) in [5, 5.41) is 9.76. The van der Waals surface area contributed by atoms with Crippen molar-refractivity contribution in [3.05, 3.63) is 24.3 Å². The number of carbonyl (C=O) groups excluding carboxylic acids is 3. The van der Waals surface area contributed by atoms with Crippen LogP contribution in [0.5, 0.6) is 0 Å². The lowest BCUT2D eigenvalue weighted by Crippen LogP contribution is -2.48. The SMILES string of the molecule is O=C1C=CC(=O)N1C1CCC(N2C(=O)C=CC2O)CC1. The third-order valence-corrected chi connectivity index (χ3v) is 4.22. The molecule has 20 heavy (non-hydrogen) atoms. The van der Waals surface area contributed by atoms with E-state index >= 15 is 0 Å². The van der Waals surface area contributed by atoms with Crippen LogP contribution in [-0.4, -0.2) is 50.9 Å². The molecule has 6 heteroatoms. The van der Waals surface area contributed by atoms with Crippen molar-refractivity contribution in [1.29, 1.82) is 0 Å². The van der Waals surface area contributed by atoms with E-state index in [1.807, 2.05) is 0 Å². The Hall–Kier alpha value is -1.95. The second-order valence-corrected chi connectivity index (χ2v) is 5.36. The summed E-state index contributed by atoms with van der Waals surface area (Å²) in [6, 6.07) is -0.117. The average molecular weight is 276 g/mol. The molecule has 2 heterocycles. The van der Waals surface area contributed by atoms with E-state index in [0.717, 1.165) is 0 Å². The van der Waals surface area contributed by atoms with Crippen molar-refractivity contribution in [2.45, 2.75) is 44.0 Å². The van der Waals surface area contributed by atoms with E-state index in [0.29, 0.717) is 25.7 Å². The molecule has 2 aliphatic heterocycles. The van der Waals surface area contributed by atoms with Gasteiger partial charge in [-0.15, -0.1) is 0 Å². The monoisotopic (exact) mass is 276 g/mol. The second kappa shape index (κ2) is 4.86. The molecule has 1 aliphatic carbocycles. The highest BCUT2D eigenvalue weighted by atomic mass is 16.3. The fourth-order valence-corrected chi connectivity index (χ4v) is 3.24. The number of carbonyl (C=O) groups is 3. The van der Waals surface area contributed by atoms with Crippen LogP contribution in [0, 0.1) is 0 Å². The van der Waals surface area contributed by atoms with Crippen LogP contribution < -0.4 is 0 Å². The van der Waals surface area contributed by atoms with E-state index < -0.39 is 6.23 Å². The van der Waals surface area contributed by atoms with Gasteiger partial charge in [0.15, 0.2) is 0 Å². The van der Waals surface area contributed by atoms with Gasteiger partial charge in [-0.1, -0.05) is 0 Å². The van der Waals surface area contributed by atoms with Crippen LogP contribution in [0.25, 0.3) is 0 Å². The molecule has 3 aliphatic rings. The first-order valence-electron chi connectivity index (χ1n) is 6.82. The summed E-state index contributed by atoms with van der Waals surface area (Å²) in [4.78, 5) is 37.7. The third-order valence-electron chi connectivity index (χ3n) is 4.22. The van der Waals surface area contributed by atoms with Crippen molar-refractivity contribution >= 4 is 17.7 Å². The van der Waals surface area contributed by atoms with Crippen LogP contribution in [0.3, 0.4) is 0 Å². The Balaban J connectivity index is 1.62. The Morgan fingerprint density at radius 1 is 0.850 bits per heavy atom. The van der Waals surface area contributed by atoms with Crippen molar-refractivity contribution < 1.29 is 19.5 Å². The molecule has 1 N–H and O–H groups in total. The Morgan fingerprint density at radius 2 is 1.40 bits per heavy atom. The number of aliphatic hydroxyl groups excluding tert-OH is 1. The van der Waals surface area contributed by atoms with E-state index in [-0.39, 0.29) is 29.8 Å². The Labute approximate surface area is 116 Å². The van der Waals surface area contributed by atoms with Crippen molar-refractivity contribution in [3.63, 3.8) is 0 Å². The average Bonchev–Trinajstić information content (AvgIpc) is 2.94. The topological polar surface area (TPSA) is 77.9 Å². The number of aliphatic hydroxyl groups is 1. The van der Waals surface area contributed by atoms with Crippen LogP contribution in [0.2, 0.25) is 0 Å². The summed E-state index contributed by atoms with van der Waals surface area (Å²) < 4.78 is 0. The normalized spacial score (nSPS) is 33.6. The number of imide groups is 1. The first-order chi connectivity index (χ1) is 9.58. The van der Waals surface area contributed by atoms with E-state index in [2.05, 4.69) is 0 Å². The summed E-state index contributed by atoms with van der Waals surface area (Å²) in [6.45, 7) is 0. The highest BCUT2D eigenvalue weighted by molar-refractivity contribution is 6.13. The lowest BCUT2D eigenvalue weighted by molar-refractivity contribution is -0.143. The zero-order valence-electron chi connectivity index (χ0n) is 10.9. The first-order valence-corrected chi connectivity index (χ1v) is 6.82. The lowest BCUT2D eigenvalue weighted by Gasteiger charge is -2.38. The molecule has 1 unspecified atom stereocenters. The number of hydrogen-bond donors (Lipinski definition) is 1. The van der Waals surface area contributed by atoms with E-state index in [1.54, 1.807) is 0 Å². The van der Waals surface area contributed by atoms with Crippen LogP contribution in [0.15, 0.2) is 24.3 Å². The minimum Gasteiger partial charge on any atom is -0.370 e. The molecule has 106 valence electrons. The van der Waals surface area contributed by atoms with Crippen molar-refractivity contribution in [2.24, 2.45) is 0 Å². The zero-order valence-corrected chi connectivity index (χ0v) is 10.9. The highest BCUT2D eigenvalue weighted by Crippen LogP contribution is 2.30. The second-order valence-electron chi connectivity index (χ2n) is 5.36. The molecular formula is C14H16N2O4. The van der Waals surface area contributed by atoms with Crippen LogP contribution in [-0.2, 0) is 14.4 Å². The maximum absolute atomic E-state index is 11.7. The number of hydrogen-bond acceptors (Lipinski definition) is 4. The predicted molar refractivity (Wildman–Crippen MR) is 69.0 cm³/mol. The quantitative estimate of drug-likeness (QED) is 0.717. The number of rotatable bonds is 2. The van der Waals surface area contributed by atoms with E-state index in [1.165, 1.54) is 34.1 Å². The smallest absolute Gasteiger partial charge is 0.253 e. The van der Waals surface area contributed by atoms with Gasteiger partial charge in [0, 0.05) is 30.3 Å². The van der Waals surface area contributed by atoms with Gasteiger partial charge in [0.1, 0.15) is 6.23 Å². The molecule has 1 saturated carbocycles. The molecule has 0 saturated heterocycles. The van der Waals surface area contributed by atoms with E-state index in [4.69, 9.17) is 0 Å². The van der Waals surface area contributed by atoms with Crippen LogP contribution >= 0.6 is 0 Å². The molecule has 0 bridgehead atoms. The van der Waals surface area contributed by atoms with Gasteiger partial charge in [0.05, 0.1) is 0 Å². The molecule has 0 spiro atoms. The Kier molecular flexibility index (Phi) is 3.17. The lowest BCUT2D eigenvalue weighted by atomic mass is 9.89. The van der Waals surface area contributed by atoms with Gasteiger partial charge < -0.3 is 10.0 Å². The predicted octanol–water partition coefficient (Wildman–Crippen LogP) is -0.0606. The summed E-state index contributed by atoms with van der Waals surface area (Å²) in [7, 11) is 0. The zero-order chi connectivity index (χ0) is 14.3. The summed E-state index contributed by atoms with van der Waals surface area (Å²) in [5.74, 6) is -0.675. The molecule has 3 rings (SSSR count). The summed E-state index contributed by atoms with van der Waals surface area (Å²) in [5.41, 5.74) is 0. The molecular weight excluding hydrogens is 260 g/mol. The first kappa shape index (κ1) is 13.1. The van der Waals surface area contributed by atoms with Crippen molar-refractivity contribution in [3.8, 4) is 0 Å². The fraction of sp³-hybridized carbons (Fsp3) is 0.500. The third kappa shape index (κ3) is 2.06. The maximum atomic E-state index is 11.7. The molecule has 1 fully saturated rings. The van der Waals surface area contributed by atoms with Gasteiger partial charge in [0.2, 0.25) is 5.91 Å². The van der Waals surface area contributed by atoms with Crippen LogP contribution in [0.1, 0.15) is 25.7 Å².